The standard InChI is InChI=1S/C27H31NO7.C22H22N2O3.C17H15BrO4.C17H16O4.C14H12O2.C11H19NO4.C5H10O3/c1-18(29)24(23(30)19-12-14-22(15-13-19)33-21-10-6-5-7-11-21)34-25(31)20-9-8-16-28(17-20)26(32)35-27(2,3)4;1-15(25)21-20(24-22(27-21)17-6-5-13-23-14-17)16-9-11-19(12-10-16)26-18-7-3-2-4-8-18;1-2-21-17(20)15(18)16(19)12-8-10-14(11-9-12)22-13-6-4-3-5-7-13;1-2-20-17(19)12-16(18)13-8-10-15(11-9-13)21-14-6-4-3-5-7-14;1-11(15)12-7-9-14(10-8-12)16-13-5-3-2-4-6-13;1-11(2,3)16-10(15)12-6-4-5-8(7-12)9(13)14;1-3-7-5(6)8-4-2/h5-7,10-15,20,24H,8-9,16-17H2,1-4H3;2-4,7-12,17,23H,5-6,13-14H2,1H3;3-11,15H,2H2,1H3;3-11H,2,12H2,1H3;2-10H,1H3;8H,4-7H2,1-3H3,(H,13,14);3-4H2,1-2H3. The van der Waals surface area contributed by atoms with E-state index in [9.17, 15) is 62.3 Å². The molecule has 0 radical (unpaired) electrons. The molecule has 2 N–H and O–H groups in total. The third-order valence-electron chi connectivity index (χ3n) is 20.9. The Labute approximate surface area is 852 Å². The number of halogens is 1. The van der Waals surface area contributed by atoms with Gasteiger partial charge in [0.1, 0.15) is 80.8 Å². The first-order valence-electron chi connectivity index (χ1n) is 47.6. The van der Waals surface area contributed by atoms with Gasteiger partial charge in [-0.15, -0.1) is 0 Å². The number of ether oxygens (including phenoxy) is 12. The number of esters is 3. The zero-order valence-corrected chi connectivity index (χ0v) is 85.3. The van der Waals surface area contributed by atoms with Crippen LogP contribution in [0.4, 0.5) is 14.4 Å². The highest BCUT2D eigenvalue weighted by Gasteiger charge is 2.38. The number of carbonyl (C=O) groups is 13. The van der Waals surface area contributed by atoms with Crippen molar-refractivity contribution in [1.82, 2.24) is 20.1 Å². The number of amides is 2. The van der Waals surface area contributed by atoms with Gasteiger partial charge in [-0.05, 0) is 310 Å². The van der Waals surface area contributed by atoms with Crippen molar-refractivity contribution in [2.75, 3.05) is 65.7 Å². The molecule has 14 rings (SSSR count). The van der Waals surface area contributed by atoms with Crippen molar-refractivity contribution >= 4 is 92.8 Å². The van der Waals surface area contributed by atoms with Gasteiger partial charge in [0.2, 0.25) is 11.9 Å². The largest absolute Gasteiger partial charge is 0.508 e. The fourth-order valence-corrected chi connectivity index (χ4v) is 14.3. The number of oxazole rings is 1. The lowest BCUT2D eigenvalue weighted by Crippen LogP contribution is -2.46. The van der Waals surface area contributed by atoms with E-state index in [1.165, 1.54) is 35.8 Å². The fourth-order valence-electron chi connectivity index (χ4n) is 13.9. The molecule has 0 bridgehead atoms. The predicted molar refractivity (Wildman–Crippen MR) is 547 cm³/mol. The van der Waals surface area contributed by atoms with E-state index in [1.54, 1.807) is 173 Å². The van der Waals surface area contributed by atoms with Gasteiger partial charge in [0.15, 0.2) is 45.4 Å². The molecule has 3 aliphatic heterocycles. The summed E-state index contributed by atoms with van der Waals surface area (Å²) in [6, 6.07) is 81.3. The van der Waals surface area contributed by atoms with Crippen molar-refractivity contribution < 1.29 is 129 Å². The highest BCUT2D eigenvalue weighted by Crippen LogP contribution is 2.35. The van der Waals surface area contributed by atoms with Crippen LogP contribution in [0.15, 0.2) is 277 Å². The maximum absolute atomic E-state index is 13.0. The minimum atomic E-state index is -1.56. The molecule has 3 saturated heterocycles. The molecule has 0 saturated carbocycles. The quantitative estimate of drug-likeness (QED) is 0.0139. The molecule has 766 valence electrons. The normalized spacial score (nSPS) is 14.3. The number of alkyl halides is 1. The number of carboxylic acids is 1. The number of piperidine rings is 3. The van der Waals surface area contributed by atoms with E-state index in [1.807, 2.05) is 164 Å². The maximum Gasteiger partial charge on any atom is 0.508 e. The topological polar surface area (TPSA) is 397 Å². The van der Waals surface area contributed by atoms with Gasteiger partial charge in [0.25, 0.3) is 0 Å². The summed E-state index contributed by atoms with van der Waals surface area (Å²) < 4.78 is 68.7. The monoisotopic (exact) mass is 2050 g/mol. The third kappa shape index (κ3) is 40.8. The molecule has 0 spiro atoms. The fraction of sp³-hybridized carbons (Fsp3) is 0.327. The van der Waals surface area contributed by atoms with Crippen molar-refractivity contribution in [2.45, 2.75) is 163 Å². The maximum atomic E-state index is 13.0. The number of ketones is 6. The Bertz CT molecular complexity index is 5950. The Kier molecular flexibility index (Phi) is 47.1. The van der Waals surface area contributed by atoms with Gasteiger partial charge in [0, 0.05) is 73.4 Å². The molecule has 145 heavy (non-hydrogen) atoms. The van der Waals surface area contributed by atoms with Crippen LogP contribution in [0.3, 0.4) is 0 Å². The van der Waals surface area contributed by atoms with Gasteiger partial charge in [-0.2, -0.15) is 0 Å². The second-order valence-electron chi connectivity index (χ2n) is 34.7. The van der Waals surface area contributed by atoms with Crippen molar-refractivity contribution in [3.8, 4) is 68.8 Å². The molecule has 2 amide bonds. The molecular weight excluding hydrogens is 1930 g/mol. The van der Waals surface area contributed by atoms with Crippen LogP contribution in [0, 0.1) is 11.8 Å². The van der Waals surface area contributed by atoms with E-state index in [4.69, 9.17) is 56.9 Å². The number of hydrogen-bond acceptors (Lipinski definition) is 28. The number of para-hydroxylation sites is 5. The Morgan fingerprint density at radius 2 is 0.786 bits per heavy atom. The van der Waals surface area contributed by atoms with Crippen LogP contribution in [-0.2, 0) is 57.1 Å². The molecule has 5 unspecified atom stereocenters. The zero-order chi connectivity index (χ0) is 105. The van der Waals surface area contributed by atoms with Gasteiger partial charge in [-0.1, -0.05) is 107 Å². The van der Waals surface area contributed by atoms with E-state index in [2.05, 4.69) is 35.7 Å². The molecule has 0 aliphatic carbocycles. The Morgan fingerprint density at radius 3 is 1.14 bits per heavy atom. The minimum absolute atomic E-state index is 0.0614. The number of Topliss-reactive ketones (excluding diaryl/α,β-unsaturated/α-hetero) is 6. The first-order valence-corrected chi connectivity index (χ1v) is 48.5. The lowest BCUT2D eigenvalue weighted by Gasteiger charge is -2.33. The average Bonchev–Trinajstić information content (AvgIpc) is 1.72. The van der Waals surface area contributed by atoms with Gasteiger partial charge in [0.05, 0.1) is 38.3 Å². The van der Waals surface area contributed by atoms with Gasteiger partial charge in [-0.25, -0.2) is 19.4 Å². The molecule has 31 nitrogen and oxygen atoms in total. The number of benzene rings is 10. The SMILES string of the molecule is CC(=O)C(OC(=O)C1CCCN(C(=O)OC(C)(C)C)C1)C(=O)c1ccc(Oc2ccccc2)cc1.CC(=O)c1ccc(Oc2ccccc2)cc1.CC(=O)c1oc(C2CCCNC2)nc1-c1ccc(Oc2ccccc2)cc1.CC(C)(C)OC(=O)N1CCCC(C(=O)O)C1.CCOC(=O)C(Br)C(=O)c1ccc(Oc2ccccc2)cc1.CCOC(=O)CC(=O)c1ccc(Oc2ccccc2)cc1.CCOC(=O)OCC. The number of aromatic nitrogens is 1. The predicted octanol–water partition coefficient (Wildman–Crippen LogP) is 23.8. The average molecular weight is 2050 g/mol. The van der Waals surface area contributed by atoms with Crippen molar-refractivity contribution in [3.05, 3.63) is 307 Å². The van der Waals surface area contributed by atoms with E-state index in [-0.39, 0.29) is 67.3 Å². The molecular formula is C113H125BrN4O27. The molecule has 11 aromatic rings. The van der Waals surface area contributed by atoms with Crippen LogP contribution in [0.25, 0.3) is 11.3 Å². The van der Waals surface area contributed by atoms with E-state index in [0.29, 0.717) is 108 Å². The lowest BCUT2D eigenvalue weighted by molar-refractivity contribution is -0.157. The second-order valence-corrected chi connectivity index (χ2v) is 35.7. The second kappa shape index (κ2) is 59.5. The summed E-state index contributed by atoms with van der Waals surface area (Å²) in [7, 11) is 0. The summed E-state index contributed by atoms with van der Waals surface area (Å²) in [4.78, 5) is 160. The molecule has 3 aliphatic rings. The highest BCUT2D eigenvalue weighted by atomic mass is 79.9. The first kappa shape index (κ1) is 115. The minimum Gasteiger partial charge on any atom is -0.481 e. The van der Waals surface area contributed by atoms with Crippen molar-refractivity contribution in [1.29, 1.82) is 0 Å². The summed E-state index contributed by atoms with van der Waals surface area (Å²) in [5.74, 6) is 2.51. The van der Waals surface area contributed by atoms with Crippen LogP contribution >= 0.6 is 15.9 Å². The molecule has 32 heteroatoms. The molecule has 5 atom stereocenters. The smallest absolute Gasteiger partial charge is 0.481 e. The van der Waals surface area contributed by atoms with Crippen molar-refractivity contribution in [2.24, 2.45) is 11.8 Å². The zero-order valence-electron chi connectivity index (χ0n) is 83.7. The number of nitrogens with zero attached hydrogens (tertiary/aromatic N) is 3. The number of hydrogen-bond donors (Lipinski definition) is 2. The summed E-state index contributed by atoms with van der Waals surface area (Å²) in [5.41, 5.74) is 2.05. The molecule has 1 aromatic heterocycles. The van der Waals surface area contributed by atoms with Gasteiger partial charge < -0.3 is 81.5 Å². The summed E-state index contributed by atoms with van der Waals surface area (Å²) in [6.45, 7) is 26.3. The summed E-state index contributed by atoms with van der Waals surface area (Å²) in [5, 5.41) is 12.3. The van der Waals surface area contributed by atoms with Gasteiger partial charge >= 0.3 is 42.2 Å². The van der Waals surface area contributed by atoms with E-state index < -0.39 is 87.8 Å². The van der Waals surface area contributed by atoms with Crippen LogP contribution in [-0.4, -0.2) is 185 Å². The Balaban J connectivity index is 0.000000213. The van der Waals surface area contributed by atoms with Crippen LogP contribution < -0.4 is 29.0 Å². The lowest BCUT2D eigenvalue weighted by atomic mass is 9.98. The van der Waals surface area contributed by atoms with E-state index >= 15 is 0 Å². The van der Waals surface area contributed by atoms with Crippen molar-refractivity contribution in [3.63, 3.8) is 0 Å². The molecule has 3 fully saturated rings. The highest BCUT2D eigenvalue weighted by molar-refractivity contribution is 9.10. The van der Waals surface area contributed by atoms with Crippen LogP contribution in [0.1, 0.15) is 199 Å². The summed E-state index contributed by atoms with van der Waals surface area (Å²) >= 11 is 3.06. The molecule has 4 heterocycles. The third-order valence-corrected chi connectivity index (χ3v) is 21.7. The van der Waals surface area contributed by atoms with Crippen LogP contribution in [0.5, 0.6) is 57.5 Å². The van der Waals surface area contributed by atoms with Crippen LogP contribution in [0.2, 0.25) is 0 Å². The number of aliphatic carboxylic acids is 1. The first-order chi connectivity index (χ1) is 69.4. The number of likely N-dealkylation sites (tertiary alicyclic amines) is 2. The van der Waals surface area contributed by atoms with E-state index in [0.717, 1.165) is 66.7 Å². The Morgan fingerprint density at radius 1 is 0.428 bits per heavy atom. The van der Waals surface area contributed by atoms with Gasteiger partial charge in [-0.3, -0.25) is 47.9 Å². The number of nitrogens with one attached hydrogen (secondary N) is 1. The number of rotatable bonds is 30. The summed E-state index contributed by atoms with van der Waals surface area (Å²) in [6.07, 6.45) is 1.22. The number of carboxylic acid groups (broad SMARTS) is 1. The Hall–Kier alpha value is -15.4. The molecule has 10 aromatic carbocycles. The number of carbonyl (C=O) groups excluding carboxylic acids is 12.